The molecule has 0 spiro atoms. The molecule has 0 aliphatic carbocycles. The summed E-state index contributed by atoms with van der Waals surface area (Å²) in [7, 11) is 1.26. The maximum absolute atomic E-state index is 12.3. The summed E-state index contributed by atoms with van der Waals surface area (Å²) < 4.78 is 14.7. The first-order chi connectivity index (χ1) is 10.3. The number of aryl methyl sites for hydroxylation is 2. The number of aromatic nitrogens is 2. The highest BCUT2D eigenvalue weighted by Gasteiger charge is 2.33. The highest BCUT2D eigenvalue weighted by Crippen LogP contribution is 2.24. The Hall–Kier alpha value is -2.64. The Morgan fingerprint density at radius 3 is 2.55 bits per heavy atom. The van der Waals surface area contributed by atoms with Gasteiger partial charge in [-0.15, -0.1) is 0 Å². The highest BCUT2D eigenvalue weighted by atomic mass is 16.5. The van der Waals surface area contributed by atoms with E-state index < -0.39 is 17.4 Å². The summed E-state index contributed by atoms with van der Waals surface area (Å²) in [6, 6.07) is 0. The third-order valence-electron chi connectivity index (χ3n) is 3.11. The SMILES string of the molecule is COC(=O)c1conc1C(C)(C)NC(=O)c1nc(C)oc1C. The van der Waals surface area contributed by atoms with Crippen LogP contribution in [0.5, 0.6) is 0 Å². The predicted octanol–water partition coefficient (Wildman–Crippen LogP) is 1.73. The first-order valence-corrected chi connectivity index (χ1v) is 6.56. The van der Waals surface area contributed by atoms with Crippen molar-refractivity contribution in [2.24, 2.45) is 0 Å². The lowest BCUT2D eigenvalue weighted by Gasteiger charge is -2.24. The highest BCUT2D eigenvalue weighted by molar-refractivity contribution is 5.94. The van der Waals surface area contributed by atoms with E-state index in [-0.39, 0.29) is 17.0 Å². The number of carbonyl (C=O) groups is 2. The van der Waals surface area contributed by atoms with Gasteiger partial charge in [-0.05, 0) is 20.8 Å². The van der Waals surface area contributed by atoms with Gasteiger partial charge in [-0.25, -0.2) is 9.78 Å². The molecule has 0 aliphatic rings. The third-order valence-corrected chi connectivity index (χ3v) is 3.11. The van der Waals surface area contributed by atoms with Crippen LogP contribution in [0.4, 0.5) is 0 Å². The van der Waals surface area contributed by atoms with E-state index in [2.05, 4.69) is 20.2 Å². The Balaban J connectivity index is 2.28. The zero-order valence-electron chi connectivity index (χ0n) is 13.0. The molecule has 2 aromatic heterocycles. The normalized spacial score (nSPS) is 11.3. The second kappa shape index (κ2) is 5.63. The summed E-state index contributed by atoms with van der Waals surface area (Å²) in [5.41, 5.74) is -0.354. The van der Waals surface area contributed by atoms with Crippen LogP contribution in [0.2, 0.25) is 0 Å². The molecule has 2 rings (SSSR count). The molecule has 22 heavy (non-hydrogen) atoms. The van der Waals surface area contributed by atoms with Crippen molar-refractivity contribution in [3.05, 3.63) is 34.9 Å². The van der Waals surface area contributed by atoms with E-state index >= 15 is 0 Å². The molecule has 8 nitrogen and oxygen atoms in total. The third kappa shape index (κ3) is 2.85. The van der Waals surface area contributed by atoms with E-state index in [1.54, 1.807) is 27.7 Å². The van der Waals surface area contributed by atoms with Gasteiger partial charge in [0, 0.05) is 6.92 Å². The molecule has 0 aliphatic heterocycles. The largest absolute Gasteiger partial charge is 0.465 e. The Bertz CT molecular complexity index is 714. The monoisotopic (exact) mass is 307 g/mol. The molecule has 0 saturated carbocycles. The van der Waals surface area contributed by atoms with Crippen LogP contribution in [0.15, 0.2) is 15.2 Å². The zero-order chi connectivity index (χ0) is 16.5. The number of hydrogen-bond donors (Lipinski definition) is 1. The van der Waals surface area contributed by atoms with Gasteiger partial charge < -0.3 is 19.0 Å². The van der Waals surface area contributed by atoms with E-state index in [9.17, 15) is 9.59 Å². The minimum absolute atomic E-state index is 0.154. The van der Waals surface area contributed by atoms with Crippen LogP contribution in [0, 0.1) is 13.8 Å². The van der Waals surface area contributed by atoms with E-state index in [0.717, 1.165) is 0 Å². The summed E-state index contributed by atoms with van der Waals surface area (Å²) in [4.78, 5) is 28.1. The Morgan fingerprint density at radius 1 is 1.32 bits per heavy atom. The van der Waals surface area contributed by atoms with Crippen molar-refractivity contribution in [2.45, 2.75) is 33.2 Å². The van der Waals surface area contributed by atoms with Crippen molar-refractivity contribution in [3.63, 3.8) is 0 Å². The topological polar surface area (TPSA) is 107 Å². The zero-order valence-corrected chi connectivity index (χ0v) is 13.0. The number of carbonyl (C=O) groups excluding carboxylic acids is 2. The number of hydrogen-bond acceptors (Lipinski definition) is 7. The van der Waals surface area contributed by atoms with Gasteiger partial charge in [-0.2, -0.15) is 0 Å². The van der Waals surface area contributed by atoms with Crippen LogP contribution >= 0.6 is 0 Å². The van der Waals surface area contributed by atoms with E-state index in [0.29, 0.717) is 11.7 Å². The van der Waals surface area contributed by atoms with Crippen molar-refractivity contribution in [1.82, 2.24) is 15.5 Å². The second-order valence-corrected chi connectivity index (χ2v) is 5.29. The van der Waals surface area contributed by atoms with E-state index in [1.165, 1.54) is 13.4 Å². The number of nitrogens with zero attached hydrogens (tertiary/aromatic N) is 2. The summed E-state index contributed by atoms with van der Waals surface area (Å²) >= 11 is 0. The molecule has 0 fully saturated rings. The fourth-order valence-electron chi connectivity index (χ4n) is 2.08. The van der Waals surface area contributed by atoms with E-state index in [1.807, 2.05) is 0 Å². The van der Waals surface area contributed by atoms with Crippen LogP contribution in [-0.4, -0.2) is 29.1 Å². The fraction of sp³-hybridized carbons (Fsp3) is 0.429. The number of ether oxygens (including phenoxy) is 1. The van der Waals surface area contributed by atoms with Gasteiger partial charge in [0.2, 0.25) is 0 Å². The van der Waals surface area contributed by atoms with Gasteiger partial charge in [-0.3, -0.25) is 4.79 Å². The molecule has 0 aromatic carbocycles. The summed E-state index contributed by atoms with van der Waals surface area (Å²) in [6.45, 7) is 6.69. The minimum Gasteiger partial charge on any atom is -0.465 e. The number of amides is 1. The molecule has 2 aromatic rings. The van der Waals surface area contributed by atoms with Gasteiger partial charge in [-0.1, -0.05) is 5.16 Å². The number of rotatable bonds is 4. The standard InChI is InChI=1S/C14H17N3O5/c1-7-10(15-8(2)22-7)12(18)16-14(3,4)11-9(6-21-17-11)13(19)20-5/h6H,1-5H3,(H,16,18). The smallest absolute Gasteiger partial charge is 0.343 e. The summed E-state index contributed by atoms with van der Waals surface area (Å²) in [6.07, 6.45) is 1.18. The van der Waals surface area contributed by atoms with Crippen molar-refractivity contribution >= 4 is 11.9 Å². The van der Waals surface area contributed by atoms with Gasteiger partial charge >= 0.3 is 5.97 Å². The Morgan fingerprint density at radius 2 is 2.00 bits per heavy atom. The Labute approximate surface area is 126 Å². The first kappa shape index (κ1) is 15.7. The van der Waals surface area contributed by atoms with Crippen LogP contribution < -0.4 is 5.32 Å². The number of methoxy groups -OCH3 is 1. The summed E-state index contributed by atoms with van der Waals surface area (Å²) in [5.74, 6) is -0.207. The second-order valence-electron chi connectivity index (χ2n) is 5.29. The van der Waals surface area contributed by atoms with Gasteiger partial charge in [0.15, 0.2) is 11.6 Å². The molecule has 118 valence electrons. The lowest BCUT2D eigenvalue weighted by molar-refractivity contribution is 0.0595. The lowest BCUT2D eigenvalue weighted by atomic mass is 9.96. The fourth-order valence-corrected chi connectivity index (χ4v) is 2.08. The first-order valence-electron chi connectivity index (χ1n) is 6.56. The molecule has 0 unspecified atom stereocenters. The average Bonchev–Trinajstić information content (AvgIpc) is 3.04. The molecular formula is C14H17N3O5. The van der Waals surface area contributed by atoms with Gasteiger partial charge in [0.05, 0.1) is 12.6 Å². The molecule has 0 atom stereocenters. The van der Waals surface area contributed by atoms with E-state index in [4.69, 9.17) is 8.94 Å². The van der Waals surface area contributed by atoms with Crippen LogP contribution in [0.3, 0.4) is 0 Å². The van der Waals surface area contributed by atoms with Gasteiger partial charge in [0.25, 0.3) is 5.91 Å². The Kier molecular flexibility index (Phi) is 4.03. The molecule has 0 saturated heterocycles. The number of nitrogens with one attached hydrogen (secondary N) is 1. The van der Waals surface area contributed by atoms with Crippen LogP contribution in [0.25, 0.3) is 0 Å². The molecule has 2 heterocycles. The predicted molar refractivity (Wildman–Crippen MR) is 74.3 cm³/mol. The minimum atomic E-state index is -0.965. The number of esters is 1. The maximum Gasteiger partial charge on any atom is 0.343 e. The molecule has 1 amide bonds. The summed E-state index contributed by atoms with van der Waals surface area (Å²) in [5, 5.41) is 6.55. The van der Waals surface area contributed by atoms with Crippen molar-refractivity contribution in [1.29, 1.82) is 0 Å². The molecule has 0 bridgehead atoms. The van der Waals surface area contributed by atoms with Crippen LogP contribution in [-0.2, 0) is 10.3 Å². The quantitative estimate of drug-likeness (QED) is 0.857. The average molecular weight is 307 g/mol. The number of oxazole rings is 1. The van der Waals surface area contributed by atoms with Crippen LogP contribution in [0.1, 0.15) is 52.0 Å². The molecule has 1 N–H and O–H groups in total. The molecule has 8 heteroatoms. The van der Waals surface area contributed by atoms with Crippen molar-refractivity contribution in [3.8, 4) is 0 Å². The lowest BCUT2D eigenvalue weighted by Crippen LogP contribution is -2.42. The van der Waals surface area contributed by atoms with Crippen molar-refractivity contribution < 1.29 is 23.3 Å². The van der Waals surface area contributed by atoms with Gasteiger partial charge in [0.1, 0.15) is 23.3 Å². The maximum atomic E-state index is 12.3. The molecule has 0 radical (unpaired) electrons. The molecular weight excluding hydrogens is 290 g/mol. The van der Waals surface area contributed by atoms with Crippen molar-refractivity contribution in [2.75, 3.05) is 7.11 Å².